The number of rotatable bonds is 3. The van der Waals surface area contributed by atoms with Gasteiger partial charge in [0.2, 0.25) is 0 Å². The van der Waals surface area contributed by atoms with Crippen LogP contribution in [-0.2, 0) is 6.54 Å². The molecule has 0 spiro atoms. The molecule has 1 fully saturated rings. The molecule has 4 nitrogen and oxygen atoms in total. The predicted octanol–water partition coefficient (Wildman–Crippen LogP) is 3.06. The van der Waals surface area contributed by atoms with Gasteiger partial charge in [0.25, 0.3) is 5.91 Å². The first-order valence-corrected chi connectivity index (χ1v) is 8.50. The van der Waals surface area contributed by atoms with Gasteiger partial charge in [-0.25, -0.2) is 0 Å². The summed E-state index contributed by atoms with van der Waals surface area (Å²) in [5, 5.41) is 0. The molecule has 22 heavy (non-hydrogen) atoms. The number of carbonyl (C=O) groups is 1. The molecular formula is C16H18ClN3OS. The fourth-order valence-electron chi connectivity index (χ4n) is 2.54. The van der Waals surface area contributed by atoms with Crippen LogP contribution in [0.1, 0.15) is 20.9 Å². The van der Waals surface area contributed by atoms with Crippen molar-refractivity contribution in [2.24, 2.45) is 0 Å². The number of halogens is 1. The number of aryl methyl sites for hydroxylation is 1. The third kappa shape index (κ3) is 3.66. The summed E-state index contributed by atoms with van der Waals surface area (Å²) < 4.78 is 0.829. The molecule has 0 aliphatic carbocycles. The van der Waals surface area contributed by atoms with Gasteiger partial charge in [-0.15, -0.1) is 11.3 Å². The molecular weight excluding hydrogens is 318 g/mol. The van der Waals surface area contributed by atoms with E-state index in [-0.39, 0.29) is 5.91 Å². The van der Waals surface area contributed by atoms with E-state index in [1.54, 1.807) is 17.5 Å². The first-order chi connectivity index (χ1) is 10.6. The highest BCUT2D eigenvalue weighted by Crippen LogP contribution is 2.23. The van der Waals surface area contributed by atoms with Crippen molar-refractivity contribution in [1.82, 2.24) is 14.8 Å². The Morgan fingerprint density at radius 3 is 2.59 bits per heavy atom. The second kappa shape index (κ2) is 6.77. The Labute approximate surface area is 139 Å². The largest absolute Gasteiger partial charge is 0.336 e. The maximum Gasteiger partial charge on any atom is 0.255 e. The smallest absolute Gasteiger partial charge is 0.255 e. The molecule has 0 bridgehead atoms. The summed E-state index contributed by atoms with van der Waals surface area (Å²) in [7, 11) is 0. The molecule has 6 heteroatoms. The van der Waals surface area contributed by atoms with Gasteiger partial charge in [0.15, 0.2) is 0 Å². The van der Waals surface area contributed by atoms with E-state index >= 15 is 0 Å². The Bertz CT molecular complexity index is 648. The standard InChI is InChI=1S/C16H18ClN3OS/c1-12-2-3-13(10-18-12)16(21)20-8-6-19(7-9-20)11-14-4-5-15(17)22-14/h2-5,10H,6-9,11H2,1H3. The van der Waals surface area contributed by atoms with E-state index < -0.39 is 0 Å². The molecule has 0 atom stereocenters. The molecule has 1 saturated heterocycles. The number of nitrogens with zero attached hydrogens (tertiary/aromatic N) is 3. The number of amides is 1. The van der Waals surface area contributed by atoms with Gasteiger partial charge in [0, 0.05) is 49.5 Å². The van der Waals surface area contributed by atoms with E-state index in [1.807, 2.05) is 30.0 Å². The fraction of sp³-hybridized carbons (Fsp3) is 0.375. The van der Waals surface area contributed by atoms with Crippen LogP contribution in [-0.4, -0.2) is 46.9 Å². The molecule has 1 amide bonds. The Kier molecular flexibility index (Phi) is 4.76. The molecule has 3 rings (SSSR count). The molecule has 2 aromatic rings. The number of carbonyl (C=O) groups excluding carboxylic acids is 1. The molecule has 0 N–H and O–H groups in total. The van der Waals surface area contributed by atoms with Crippen molar-refractivity contribution in [1.29, 1.82) is 0 Å². The van der Waals surface area contributed by atoms with Crippen molar-refractivity contribution in [2.75, 3.05) is 26.2 Å². The molecule has 116 valence electrons. The molecule has 1 aliphatic heterocycles. The van der Waals surface area contributed by atoms with Crippen LogP contribution in [0.4, 0.5) is 0 Å². The zero-order valence-corrected chi connectivity index (χ0v) is 14.0. The Morgan fingerprint density at radius 2 is 2.00 bits per heavy atom. The number of hydrogen-bond acceptors (Lipinski definition) is 4. The van der Waals surface area contributed by atoms with E-state index in [0.29, 0.717) is 5.56 Å². The van der Waals surface area contributed by atoms with Gasteiger partial charge in [-0.2, -0.15) is 0 Å². The quantitative estimate of drug-likeness (QED) is 0.865. The molecule has 0 unspecified atom stereocenters. The number of aromatic nitrogens is 1. The summed E-state index contributed by atoms with van der Waals surface area (Å²) in [4.78, 5) is 22.2. The summed E-state index contributed by atoms with van der Waals surface area (Å²) in [6, 6.07) is 7.74. The van der Waals surface area contributed by atoms with E-state index in [2.05, 4.69) is 16.0 Å². The lowest BCUT2D eigenvalue weighted by Gasteiger charge is -2.34. The highest BCUT2D eigenvalue weighted by atomic mass is 35.5. The monoisotopic (exact) mass is 335 g/mol. The van der Waals surface area contributed by atoms with Gasteiger partial charge in [0.1, 0.15) is 0 Å². The van der Waals surface area contributed by atoms with Gasteiger partial charge in [0.05, 0.1) is 9.90 Å². The van der Waals surface area contributed by atoms with Crippen LogP contribution >= 0.6 is 22.9 Å². The summed E-state index contributed by atoms with van der Waals surface area (Å²) in [6.45, 7) is 6.12. The van der Waals surface area contributed by atoms with Gasteiger partial charge in [-0.3, -0.25) is 14.7 Å². The zero-order valence-electron chi connectivity index (χ0n) is 12.5. The molecule has 0 aromatic carbocycles. The summed E-state index contributed by atoms with van der Waals surface area (Å²) >= 11 is 7.58. The van der Waals surface area contributed by atoms with Crippen LogP contribution in [0.2, 0.25) is 4.34 Å². The van der Waals surface area contributed by atoms with Crippen molar-refractivity contribution in [3.05, 3.63) is 50.9 Å². The second-order valence-corrected chi connectivity index (χ2v) is 7.26. The van der Waals surface area contributed by atoms with Gasteiger partial charge in [-0.05, 0) is 31.2 Å². The van der Waals surface area contributed by atoms with Crippen molar-refractivity contribution < 1.29 is 4.79 Å². The van der Waals surface area contributed by atoms with Gasteiger partial charge < -0.3 is 4.90 Å². The summed E-state index contributed by atoms with van der Waals surface area (Å²) in [5.74, 6) is 0.0753. The maximum atomic E-state index is 12.4. The van der Waals surface area contributed by atoms with Crippen LogP contribution in [0.3, 0.4) is 0 Å². The third-order valence-corrected chi connectivity index (χ3v) is 5.04. The van der Waals surface area contributed by atoms with Crippen LogP contribution in [0.5, 0.6) is 0 Å². The first-order valence-electron chi connectivity index (χ1n) is 7.30. The third-order valence-electron chi connectivity index (χ3n) is 3.83. The van der Waals surface area contributed by atoms with Crippen molar-refractivity contribution >= 4 is 28.8 Å². The second-order valence-electron chi connectivity index (χ2n) is 5.46. The topological polar surface area (TPSA) is 36.4 Å². The molecule has 1 aliphatic rings. The number of thiophene rings is 1. The zero-order chi connectivity index (χ0) is 15.5. The minimum Gasteiger partial charge on any atom is -0.336 e. The van der Waals surface area contributed by atoms with E-state index in [0.717, 1.165) is 42.8 Å². The lowest BCUT2D eigenvalue weighted by atomic mass is 10.2. The van der Waals surface area contributed by atoms with Gasteiger partial charge in [-0.1, -0.05) is 11.6 Å². The van der Waals surface area contributed by atoms with E-state index in [9.17, 15) is 4.79 Å². The lowest BCUT2D eigenvalue weighted by Crippen LogP contribution is -2.48. The molecule has 2 aromatic heterocycles. The van der Waals surface area contributed by atoms with Crippen LogP contribution < -0.4 is 0 Å². The first kappa shape index (κ1) is 15.5. The van der Waals surface area contributed by atoms with E-state index in [1.165, 1.54) is 4.88 Å². The van der Waals surface area contributed by atoms with Crippen LogP contribution in [0.25, 0.3) is 0 Å². The number of pyridine rings is 1. The minimum atomic E-state index is 0.0753. The Balaban J connectivity index is 1.55. The maximum absolute atomic E-state index is 12.4. The van der Waals surface area contributed by atoms with Crippen molar-refractivity contribution in [3.63, 3.8) is 0 Å². The Hall–Kier alpha value is -1.43. The highest BCUT2D eigenvalue weighted by Gasteiger charge is 2.22. The Morgan fingerprint density at radius 1 is 1.23 bits per heavy atom. The van der Waals surface area contributed by atoms with Crippen LogP contribution in [0.15, 0.2) is 30.5 Å². The van der Waals surface area contributed by atoms with Crippen molar-refractivity contribution in [3.8, 4) is 0 Å². The summed E-state index contributed by atoms with van der Waals surface area (Å²) in [6.07, 6.45) is 1.66. The molecule has 0 saturated carbocycles. The number of hydrogen-bond donors (Lipinski definition) is 0. The SMILES string of the molecule is Cc1ccc(C(=O)N2CCN(Cc3ccc(Cl)s3)CC2)cn1. The number of piperazine rings is 1. The van der Waals surface area contributed by atoms with E-state index in [4.69, 9.17) is 11.6 Å². The lowest BCUT2D eigenvalue weighted by molar-refractivity contribution is 0.0629. The average molecular weight is 336 g/mol. The molecule has 3 heterocycles. The van der Waals surface area contributed by atoms with Gasteiger partial charge >= 0.3 is 0 Å². The normalized spacial score (nSPS) is 16.0. The fourth-order valence-corrected chi connectivity index (χ4v) is 3.67. The summed E-state index contributed by atoms with van der Waals surface area (Å²) in [5.41, 5.74) is 1.60. The average Bonchev–Trinajstić information content (AvgIpc) is 2.93. The minimum absolute atomic E-state index is 0.0753. The predicted molar refractivity (Wildman–Crippen MR) is 89.5 cm³/mol. The highest BCUT2D eigenvalue weighted by molar-refractivity contribution is 7.16. The van der Waals surface area contributed by atoms with Crippen molar-refractivity contribution in [2.45, 2.75) is 13.5 Å². The van der Waals surface area contributed by atoms with Crippen LogP contribution in [0, 0.1) is 6.92 Å². The molecule has 0 radical (unpaired) electrons.